The summed E-state index contributed by atoms with van der Waals surface area (Å²) in [5, 5.41) is 7.91. The van der Waals surface area contributed by atoms with Crippen LogP contribution in [0.25, 0.3) is 0 Å². The molecule has 0 saturated carbocycles. The van der Waals surface area contributed by atoms with E-state index in [-0.39, 0.29) is 17.9 Å². The highest BCUT2D eigenvalue weighted by molar-refractivity contribution is 5.84. The van der Waals surface area contributed by atoms with E-state index in [4.69, 9.17) is 13.9 Å². The third-order valence-corrected chi connectivity index (χ3v) is 4.60. The number of benzene rings is 1. The lowest BCUT2D eigenvalue weighted by Gasteiger charge is -2.35. The fourth-order valence-electron chi connectivity index (χ4n) is 3.31. The molecule has 3 unspecified atom stereocenters. The molecule has 1 saturated heterocycles. The van der Waals surface area contributed by atoms with Gasteiger partial charge in [-0.1, -0.05) is 25.1 Å². The summed E-state index contributed by atoms with van der Waals surface area (Å²) in [7, 11) is 0. The van der Waals surface area contributed by atoms with E-state index in [9.17, 15) is 4.79 Å². The Morgan fingerprint density at radius 3 is 2.88 bits per heavy atom. The average Bonchev–Trinajstić information content (AvgIpc) is 3.18. The van der Waals surface area contributed by atoms with Crippen LogP contribution in [0.2, 0.25) is 0 Å². The summed E-state index contributed by atoms with van der Waals surface area (Å²) in [6.45, 7) is 5.06. The fourth-order valence-corrected chi connectivity index (χ4v) is 3.31. The van der Waals surface area contributed by atoms with Crippen molar-refractivity contribution >= 4 is 5.91 Å². The third kappa shape index (κ3) is 2.45. The maximum Gasteiger partial charge on any atom is 0.265 e. The molecule has 1 amide bonds. The summed E-state index contributed by atoms with van der Waals surface area (Å²) >= 11 is 0. The van der Waals surface area contributed by atoms with Crippen molar-refractivity contribution in [3.05, 3.63) is 41.6 Å². The van der Waals surface area contributed by atoms with Crippen LogP contribution in [0.3, 0.4) is 0 Å². The lowest BCUT2D eigenvalue weighted by atomic mass is 9.96. The second-order valence-corrected chi connectivity index (χ2v) is 6.15. The highest BCUT2D eigenvalue weighted by atomic mass is 16.5. The molecule has 2 aliphatic heterocycles. The van der Waals surface area contributed by atoms with Crippen molar-refractivity contribution in [1.82, 2.24) is 15.1 Å². The largest absolute Gasteiger partial charge is 0.480 e. The van der Waals surface area contributed by atoms with Crippen molar-refractivity contribution in [3.63, 3.8) is 0 Å². The van der Waals surface area contributed by atoms with Gasteiger partial charge in [-0.3, -0.25) is 4.79 Å². The Labute approximate surface area is 139 Å². The summed E-state index contributed by atoms with van der Waals surface area (Å²) in [6.07, 6.45) is -0.535. The fraction of sp³-hybridized carbons (Fsp3) is 0.471. The maximum atomic E-state index is 13.1. The molecule has 7 nitrogen and oxygen atoms in total. The molecule has 126 valence electrons. The zero-order chi connectivity index (χ0) is 16.7. The van der Waals surface area contributed by atoms with E-state index >= 15 is 0 Å². The Hall–Kier alpha value is -2.41. The minimum atomic E-state index is -0.535. The third-order valence-electron chi connectivity index (χ3n) is 4.60. The number of aromatic nitrogens is 2. The van der Waals surface area contributed by atoms with Crippen LogP contribution in [-0.2, 0) is 9.53 Å². The van der Waals surface area contributed by atoms with Crippen LogP contribution in [-0.4, -0.2) is 46.9 Å². The Morgan fingerprint density at radius 2 is 2.12 bits per heavy atom. The van der Waals surface area contributed by atoms with Gasteiger partial charge in [-0.05, 0) is 6.07 Å². The zero-order valence-electron chi connectivity index (χ0n) is 13.6. The lowest BCUT2D eigenvalue weighted by molar-refractivity contribution is -0.148. The Bertz CT molecular complexity index is 760. The van der Waals surface area contributed by atoms with Crippen LogP contribution in [0, 0.1) is 6.92 Å². The Balaban J connectivity index is 1.59. The molecular formula is C17H19N3O4. The van der Waals surface area contributed by atoms with Crippen molar-refractivity contribution < 1.29 is 18.7 Å². The molecule has 0 aliphatic carbocycles. The van der Waals surface area contributed by atoms with Crippen LogP contribution >= 0.6 is 0 Å². The van der Waals surface area contributed by atoms with Crippen molar-refractivity contribution in [2.24, 2.45) is 0 Å². The molecule has 0 radical (unpaired) electrons. The van der Waals surface area contributed by atoms with Crippen molar-refractivity contribution in [2.45, 2.75) is 31.9 Å². The topological polar surface area (TPSA) is 77.7 Å². The van der Waals surface area contributed by atoms with Crippen LogP contribution < -0.4 is 4.74 Å². The van der Waals surface area contributed by atoms with Gasteiger partial charge in [-0.15, -0.1) is 10.2 Å². The number of carbonyl (C=O) groups is 1. The van der Waals surface area contributed by atoms with Gasteiger partial charge in [0.15, 0.2) is 6.10 Å². The number of hydrogen-bond donors (Lipinski definition) is 0. The molecule has 1 fully saturated rings. The minimum absolute atomic E-state index is 0.00150. The predicted octanol–water partition coefficient (Wildman–Crippen LogP) is 1.84. The summed E-state index contributed by atoms with van der Waals surface area (Å²) in [4.78, 5) is 14.9. The van der Waals surface area contributed by atoms with E-state index in [1.807, 2.05) is 31.2 Å². The number of carbonyl (C=O) groups excluding carboxylic acids is 1. The zero-order valence-corrected chi connectivity index (χ0v) is 13.6. The van der Waals surface area contributed by atoms with Gasteiger partial charge in [0, 0.05) is 24.9 Å². The first-order valence-corrected chi connectivity index (χ1v) is 8.09. The van der Waals surface area contributed by atoms with Crippen molar-refractivity contribution in [1.29, 1.82) is 0 Å². The molecule has 2 aromatic rings. The number of rotatable bonds is 2. The van der Waals surface area contributed by atoms with Gasteiger partial charge < -0.3 is 18.8 Å². The second-order valence-electron chi connectivity index (χ2n) is 6.15. The normalized spacial score (nSPS) is 26.1. The summed E-state index contributed by atoms with van der Waals surface area (Å²) in [5.74, 6) is 1.59. The molecule has 4 rings (SSSR count). The molecule has 0 bridgehead atoms. The standard InChI is InChI=1S/C17H19N3O4/c1-10-12-5-3-4-6-14(12)24-15(10)17(21)20-7-8-22-9-13(20)16-19-18-11(2)23-16/h3-6,10,13,15H,7-9H2,1-2H3. The smallest absolute Gasteiger partial charge is 0.265 e. The first-order valence-electron chi connectivity index (χ1n) is 8.09. The number of morpholine rings is 1. The molecule has 1 aromatic heterocycles. The van der Waals surface area contributed by atoms with Gasteiger partial charge in [0.05, 0.1) is 13.2 Å². The number of fused-ring (bicyclic) bond motifs is 1. The molecular weight excluding hydrogens is 310 g/mol. The summed E-state index contributed by atoms with van der Waals surface area (Å²) < 4.78 is 17.0. The SMILES string of the molecule is Cc1nnc(C2COCCN2C(=O)C2Oc3ccccc3C2C)o1. The number of amides is 1. The van der Waals surface area contributed by atoms with Gasteiger partial charge in [0.2, 0.25) is 11.8 Å². The maximum absolute atomic E-state index is 13.1. The lowest BCUT2D eigenvalue weighted by Crippen LogP contribution is -2.49. The van der Waals surface area contributed by atoms with E-state index in [0.29, 0.717) is 31.5 Å². The molecule has 3 atom stereocenters. The molecule has 1 aromatic carbocycles. The Morgan fingerprint density at radius 1 is 1.29 bits per heavy atom. The molecule has 2 aliphatic rings. The molecule has 0 N–H and O–H groups in total. The Kier molecular flexibility index (Phi) is 3.72. The average molecular weight is 329 g/mol. The first kappa shape index (κ1) is 15.1. The summed E-state index contributed by atoms with van der Waals surface area (Å²) in [5.41, 5.74) is 1.06. The minimum Gasteiger partial charge on any atom is -0.480 e. The van der Waals surface area contributed by atoms with Crippen LogP contribution in [0.15, 0.2) is 28.7 Å². The number of nitrogens with zero attached hydrogens (tertiary/aromatic N) is 3. The van der Waals surface area contributed by atoms with Crippen LogP contribution in [0.4, 0.5) is 0 Å². The predicted molar refractivity (Wildman–Crippen MR) is 83.6 cm³/mol. The summed E-state index contributed by atoms with van der Waals surface area (Å²) in [6, 6.07) is 7.41. The van der Waals surface area contributed by atoms with Gasteiger partial charge >= 0.3 is 0 Å². The van der Waals surface area contributed by atoms with E-state index in [1.54, 1.807) is 11.8 Å². The van der Waals surface area contributed by atoms with E-state index < -0.39 is 6.10 Å². The first-order chi connectivity index (χ1) is 11.6. The highest BCUT2D eigenvalue weighted by Crippen LogP contribution is 2.39. The van der Waals surface area contributed by atoms with Crippen molar-refractivity contribution in [2.75, 3.05) is 19.8 Å². The molecule has 3 heterocycles. The van der Waals surface area contributed by atoms with Crippen LogP contribution in [0.5, 0.6) is 5.75 Å². The van der Waals surface area contributed by atoms with Gasteiger partial charge in [0.1, 0.15) is 11.8 Å². The molecule has 0 spiro atoms. The van der Waals surface area contributed by atoms with Crippen LogP contribution in [0.1, 0.15) is 36.2 Å². The second kappa shape index (κ2) is 5.90. The quantitative estimate of drug-likeness (QED) is 0.837. The van der Waals surface area contributed by atoms with E-state index in [2.05, 4.69) is 10.2 Å². The number of ether oxygens (including phenoxy) is 2. The van der Waals surface area contributed by atoms with E-state index in [0.717, 1.165) is 11.3 Å². The number of hydrogen-bond acceptors (Lipinski definition) is 6. The number of para-hydroxylation sites is 1. The van der Waals surface area contributed by atoms with Gasteiger partial charge in [-0.25, -0.2) is 0 Å². The number of aryl methyl sites for hydroxylation is 1. The monoisotopic (exact) mass is 329 g/mol. The highest BCUT2D eigenvalue weighted by Gasteiger charge is 2.42. The van der Waals surface area contributed by atoms with Gasteiger partial charge in [0.25, 0.3) is 5.91 Å². The van der Waals surface area contributed by atoms with Crippen molar-refractivity contribution in [3.8, 4) is 5.75 Å². The van der Waals surface area contributed by atoms with E-state index in [1.165, 1.54) is 0 Å². The molecule has 7 heteroatoms. The van der Waals surface area contributed by atoms with Gasteiger partial charge in [-0.2, -0.15) is 0 Å². The molecule has 24 heavy (non-hydrogen) atoms.